The smallest absolute Gasteiger partial charge is 0.152 e. The molecule has 5 N–H and O–H groups in total. The number of nitrogens with zero attached hydrogens (tertiary/aromatic N) is 10. The van der Waals surface area contributed by atoms with Crippen LogP contribution in [0.5, 0.6) is 0 Å². The lowest BCUT2D eigenvalue weighted by molar-refractivity contribution is 0.0587. The second-order valence-corrected chi connectivity index (χ2v) is 17.4. The lowest BCUT2D eigenvalue weighted by atomic mass is 9.91. The first-order valence-electron chi connectivity index (χ1n) is 21.5. The van der Waals surface area contributed by atoms with Crippen LogP contribution in [-0.4, -0.2) is 70.4 Å². The van der Waals surface area contributed by atoms with E-state index in [2.05, 4.69) is 51.0 Å². The summed E-state index contributed by atoms with van der Waals surface area (Å²) in [5.41, 5.74) is 11.9. The van der Waals surface area contributed by atoms with E-state index < -0.39 is 5.60 Å². The van der Waals surface area contributed by atoms with Crippen LogP contribution < -0.4 is 10.6 Å². The van der Waals surface area contributed by atoms with Gasteiger partial charge in [-0.05, 0) is 133 Å². The number of aliphatic hydroxyl groups excluding tert-OH is 2. The number of aliphatic hydroxyl groups is 3. The Hall–Kier alpha value is -6.91. The van der Waals surface area contributed by atoms with Crippen molar-refractivity contribution in [2.24, 2.45) is 0 Å². The highest BCUT2D eigenvalue weighted by Crippen LogP contribution is 2.32. The average Bonchev–Trinajstić information content (AvgIpc) is 3.93. The third-order valence-corrected chi connectivity index (χ3v) is 11.4. The fourth-order valence-electron chi connectivity index (χ4n) is 7.42. The molecule has 0 aliphatic rings. The number of anilines is 2. The predicted octanol–water partition coefficient (Wildman–Crippen LogP) is 9.67. The molecule has 0 unspecified atom stereocenters. The molecule has 6 heterocycles. The Labute approximate surface area is 397 Å². The fraction of sp³-hybridized carbons (Fsp3) is 0.294. The van der Waals surface area contributed by atoms with Gasteiger partial charge >= 0.3 is 0 Å². The largest absolute Gasteiger partial charge is 0.390 e. The number of halogens is 1. The SMILES string of the molecule is C.Cc1ccc([C@@H](C)Nc2nnc(-c3ccc(-n4cnc(C)c4)c(CO)n3)cc2C)c(Cl)c1.Cc1ccc([C@@H](Nc2nnc(-c3ccc(-n4cnc(C)c4)c(CO)n3)cc2C)C(C)(C)O)cc1. The molecular formula is C51H59ClN12O3. The highest BCUT2D eigenvalue weighted by molar-refractivity contribution is 6.31. The van der Waals surface area contributed by atoms with Crippen molar-refractivity contribution in [3.8, 4) is 34.2 Å². The molecule has 6 aromatic heterocycles. The van der Waals surface area contributed by atoms with E-state index in [1.807, 2.05) is 149 Å². The molecule has 0 aliphatic heterocycles. The zero-order chi connectivity index (χ0) is 47.3. The molecule has 8 aromatic rings. The van der Waals surface area contributed by atoms with Crippen molar-refractivity contribution in [2.45, 2.75) is 101 Å². The van der Waals surface area contributed by atoms with Crippen LogP contribution in [0.15, 0.2) is 104 Å². The molecule has 16 heteroatoms. The average molecular weight is 924 g/mol. The fourth-order valence-corrected chi connectivity index (χ4v) is 7.82. The Morgan fingerprint density at radius 1 is 0.612 bits per heavy atom. The monoisotopic (exact) mass is 922 g/mol. The Bertz CT molecular complexity index is 2960. The minimum Gasteiger partial charge on any atom is -0.390 e. The summed E-state index contributed by atoms with van der Waals surface area (Å²) >= 11 is 6.41. The van der Waals surface area contributed by atoms with E-state index in [4.69, 9.17) is 11.6 Å². The summed E-state index contributed by atoms with van der Waals surface area (Å²) < 4.78 is 3.68. The molecule has 348 valence electrons. The Morgan fingerprint density at radius 3 is 1.51 bits per heavy atom. The zero-order valence-electron chi connectivity index (χ0n) is 38.6. The molecule has 8 rings (SSSR count). The van der Waals surface area contributed by atoms with E-state index in [9.17, 15) is 15.3 Å². The van der Waals surface area contributed by atoms with Crippen LogP contribution in [0.1, 0.15) is 96.4 Å². The van der Waals surface area contributed by atoms with Crippen LogP contribution >= 0.6 is 11.6 Å². The molecule has 0 radical (unpaired) electrons. The molecule has 0 spiro atoms. The van der Waals surface area contributed by atoms with Crippen LogP contribution in [0.4, 0.5) is 11.6 Å². The van der Waals surface area contributed by atoms with Gasteiger partial charge in [0.05, 0.1) is 89.1 Å². The Morgan fingerprint density at radius 2 is 1.09 bits per heavy atom. The molecule has 15 nitrogen and oxygen atoms in total. The Kier molecular flexibility index (Phi) is 15.6. The number of aromatic nitrogens is 10. The van der Waals surface area contributed by atoms with Gasteiger partial charge in [-0.25, -0.2) is 19.9 Å². The van der Waals surface area contributed by atoms with Crippen LogP contribution in [0, 0.1) is 41.5 Å². The maximum Gasteiger partial charge on any atom is 0.152 e. The van der Waals surface area contributed by atoms with Gasteiger partial charge in [0.15, 0.2) is 11.6 Å². The molecule has 67 heavy (non-hydrogen) atoms. The van der Waals surface area contributed by atoms with Gasteiger partial charge in [0.2, 0.25) is 0 Å². The van der Waals surface area contributed by atoms with Gasteiger partial charge in [0, 0.05) is 17.4 Å². The number of pyridine rings is 2. The molecule has 0 saturated carbocycles. The summed E-state index contributed by atoms with van der Waals surface area (Å²) in [6.45, 7) is 17.0. The van der Waals surface area contributed by atoms with Crippen LogP contribution in [-0.2, 0) is 13.2 Å². The lowest BCUT2D eigenvalue weighted by Gasteiger charge is -2.31. The van der Waals surface area contributed by atoms with E-state index in [0.29, 0.717) is 45.8 Å². The predicted molar refractivity (Wildman–Crippen MR) is 264 cm³/mol. The maximum absolute atomic E-state index is 10.8. The second-order valence-electron chi connectivity index (χ2n) is 17.0. The summed E-state index contributed by atoms with van der Waals surface area (Å²) in [6.07, 6.45) is 7.18. The van der Waals surface area contributed by atoms with Crippen molar-refractivity contribution in [3.63, 3.8) is 0 Å². The van der Waals surface area contributed by atoms with Crippen molar-refractivity contribution in [2.75, 3.05) is 10.6 Å². The molecule has 0 amide bonds. The van der Waals surface area contributed by atoms with Gasteiger partial charge in [0.25, 0.3) is 0 Å². The molecule has 0 saturated heterocycles. The topological polar surface area (TPSA) is 198 Å². The molecule has 0 bridgehead atoms. The number of benzene rings is 2. The molecule has 0 fully saturated rings. The van der Waals surface area contributed by atoms with Gasteiger partial charge in [-0.1, -0.05) is 61.0 Å². The first-order valence-corrected chi connectivity index (χ1v) is 21.9. The number of hydrogen-bond donors (Lipinski definition) is 5. The maximum atomic E-state index is 10.8. The summed E-state index contributed by atoms with van der Waals surface area (Å²) in [6, 6.07) is 25.0. The summed E-state index contributed by atoms with van der Waals surface area (Å²) in [5.74, 6) is 1.27. The number of hydrogen-bond acceptors (Lipinski definition) is 13. The summed E-state index contributed by atoms with van der Waals surface area (Å²) in [5, 5.41) is 55.6. The van der Waals surface area contributed by atoms with Gasteiger partial charge in [0.1, 0.15) is 11.4 Å². The highest BCUT2D eigenvalue weighted by atomic mass is 35.5. The summed E-state index contributed by atoms with van der Waals surface area (Å²) in [7, 11) is 0. The van der Waals surface area contributed by atoms with Gasteiger partial charge in [-0.3, -0.25) is 0 Å². The van der Waals surface area contributed by atoms with E-state index >= 15 is 0 Å². The van der Waals surface area contributed by atoms with E-state index in [0.717, 1.165) is 61.2 Å². The van der Waals surface area contributed by atoms with Crippen molar-refractivity contribution >= 4 is 23.2 Å². The van der Waals surface area contributed by atoms with E-state index in [1.165, 1.54) is 0 Å². The standard InChI is InChI=1S/C26H30N6O2.C24H25ClN6O.CH4/c1-16-6-8-19(9-7-16)24(26(4,5)34)29-25-17(2)12-21(30-31-25)20-10-11-23(22(14-33)28-20)32-13-18(3)27-15-32;1-14-5-6-18(19(25)9-14)17(4)27-24-15(2)10-21(29-30-24)20-7-8-23(22(12-32)28-20)31-11-16(3)26-13-31;/h6-13,15,24,33-34H,14H2,1-5H3,(H,29,31);5-11,13,17,32H,12H2,1-4H3,(H,27,30);1H4/t24-;17-;/m11./s1. The third kappa shape index (κ3) is 11.7. The van der Waals surface area contributed by atoms with Crippen molar-refractivity contribution in [1.82, 2.24) is 49.5 Å². The van der Waals surface area contributed by atoms with E-state index in [1.54, 1.807) is 26.5 Å². The van der Waals surface area contributed by atoms with Crippen molar-refractivity contribution < 1.29 is 15.3 Å². The highest BCUT2D eigenvalue weighted by Gasteiger charge is 2.29. The van der Waals surface area contributed by atoms with Crippen molar-refractivity contribution in [1.29, 1.82) is 0 Å². The van der Waals surface area contributed by atoms with Crippen LogP contribution in [0.25, 0.3) is 34.2 Å². The molecular weight excluding hydrogens is 864 g/mol. The van der Waals surface area contributed by atoms with Gasteiger partial charge < -0.3 is 35.1 Å². The quantitative estimate of drug-likeness (QED) is 0.0734. The van der Waals surface area contributed by atoms with Crippen LogP contribution in [0.3, 0.4) is 0 Å². The lowest BCUT2D eigenvalue weighted by Crippen LogP contribution is -2.35. The number of nitrogens with one attached hydrogen (secondary N) is 2. The first kappa shape index (κ1) is 49.5. The first-order chi connectivity index (χ1) is 31.5. The Balaban J connectivity index is 0.000000218. The molecule has 2 atom stereocenters. The number of imidazole rings is 2. The number of aryl methyl sites for hydroxylation is 6. The molecule has 2 aromatic carbocycles. The zero-order valence-corrected chi connectivity index (χ0v) is 39.3. The van der Waals surface area contributed by atoms with Gasteiger partial charge in [-0.2, -0.15) is 0 Å². The minimum absolute atomic E-state index is 0. The van der Waals surface area contributed by atoms with E-state index in [-0.39, 0.29) is 32.7 Å². The van der Waals surface area contributed by atoms with Crippen molar-refractivity contribution in [3.05, 3.63) is 165 Å². The minimum atomic E-state index is -1.03. The van der Waals surface area contributed by atoms with Gasteiger partial charge in [-0.15, -0.1) is 20.4 Å². The third-order valence-electron chi connectivity index (χ3n) is 11.0. The summed E-state index contributed by atoms with van der Waals surface area (Å²) in [4.78, 5) is 17.7. The molecule has 0 aliphatic carbocycles. The number of rotatable bonds is 13. The second kappa shape index (κ2) is 21.2. The van der Waals surface area contributed by atoms with Crippen LogP contribution in [0.2, 0.25) is 5.02 Å². The normalized spacial score (nSPS) is 12.1.